The van der Waals surface area contributed by atoms with Crippen LogP contribution in [0.4, 0.5) is 5.69 Å². The van der Waals surface area contributed by atoms with Crippen LogP contribution < -0.4 is 4.90 Å². The number of hydrogen-bond donors (Lipinski definition) is 0. The first kappa shape index (κ1) is 11.8. The Labute approximate surface area is 112 Å². The topological polar surface area (TPSA) is 23.6 Å². The van der Waals surface area contributed by atoms with Gasteiger partial charge in [-0.3, -0.25) is 4.79 Å². The molecule has 0 aliphatic carbocycles. The van der Waals surface area contributed by atoms with Gasteiger partial charge in [0, 0.05) is 42.3 Å². The normalized spacial score (nSPS) is 27.2. The van der Waals surface area contributed by atoms with Crippen molar-refractivity contribution in [2.24, 2.45) is 5.41 Å². The maximum Gasteiger partial charge on any atom is 0.209 e. The van der Waals surface area contributed by atoms with Crippen molar-refractivity contribution in [1.29, 1.82) is 0 Å². The Kier molecular flexibility index (Phi) is 2.94. The first-order chi connectivity index (χ1) is 8.71. The highest BCUT2D eigenvalue weighted by molar-refractivity contribution is 6.30. The molecule has 2 aliphatic heterocycles. The predicted molar refractivity (Wildman–Crippen MR) is 73.0 cm³/mol. The molecule has 4 heteroatoms. The Morgan fingerprint density at radius 3 is 2.50 bits per heavy atom. The number of halogens is 1. The molecule has 1 aromatic carbocycles. The molecule has 2 aliphatic rings. The monoisotopic (exact) mass is 264 g/mol. The third kappa shape index (κ3) is 2.07. The van der Waals surface area contributed by atoms with Crippen LogP contribution in [0.1, 0.15) is 12.8 Å². The van der Waals surface area contributed by atoms with E-state index in [1.165, 1.54) is 12.1 Å². The Balaban J connectivity index is 1.72. The Morgan fingerprint density at radius 1 is 1.11 bits per heavy atom. The molecule has 2 heterocycles. The van der Waals surface area contributed by atoms with E-state index in [-0.39, 0.29) is 0 Å². The number of anilines is 1. The molecule has 0 bridgehead atoms. The van der Waals surface area contributed by atoms with Gasteiger partial charge in [0.05, 0.1) is 0 Å². The molecule has 18 heavy (non-hydrogen) atoms. The fraction of sp³-hybridized carbons (Fsp3) is 0.500. The third-order valence-electron chi connectivity index (χ3n) is 4.25. The lowest BCUT2D eigenvalue weighted by molar-refractivity contribution is -0.117. The smallest absolute Gasteiger partial charge is 0.209 e. The molecule has 3 nitrogen and oxygen atoms in total. The Morgan fingerprint density at radius 2 is 1.83 bits per heavy atom. The minimum absolute atomic E-state index is 0.320. The van der Waals surface area contributed by atoms with E-state index in [4.69, 9.17) is 11.6 Å². The van der Waals surface area contributed by atoms with E-state index in [1.54, 1.807) is 0 Å². The van der Waals surface area contributed by atoms with Gasteiger partial charge >= 0.3 is 0 Å². The molecule has 2 fully saturated rings. The van der Waals surface area contributed by atoms with Crippen LogP contribution >= 0.6 is 11.6 Å². The zero-order valence-corrected chi connectivity index (χ0v) is 11.1. The van der Waals surface area contributed by atoms with Gasteiger partial charge in [0.25, 0.3) is 0 Å². The van der Waals surface area contributed by atoms with Gasteiger partial charge in [0.1, 0.15) is 0 Å². The number of likely N-dealkylation sites (tertiary alicyclic amines) is 1. The highest BCUT2D eigenvalue weighted by atomic mass is 35.5. The van der Waals surface area contributed by atoms with Crippen molar-refractivity contribution < 1.29 is 4.79 Å². The summed E-state index contributed by atoms with van der Waals surface area (Å²) in [5.74, 6) is 0. The second kappa shape index (κ2) is 4.47. The lowest BCUT2D eigenvalue weighted by Gasteiger charge is -2.24. The van der Waals surface area contributed by atoms with Crippen molar-refractivity contribution in [2.75, 3.05) is 31.1 Å². The summed E-state index contributed by atoms with van der Waals surface area (Å²) in [5, 5.41) is 0.778. The van der Waals surface area contributed by atoms with Crippen molar-refractivity contribution in [3.63, 3.8) is 0 Å². The van der Waals surface area contributed by atoms with Crippen LogP contribution in [-0.2, 0) is 4.79 Å². The van der Waals surface area contributed by atoms with E-state index < -0.39 is 0 Å². The van der Waals surface area contributed by atoms with Gasteiger partial charge in [0.15, 0.2) is 0 Å². The summed E-state index contributed by atoms with van der Waals surface area (Å²) in [6.45, 7) is 3.96. The van der Waals surface area contributed by atoms with Crippen LogP contribution in [0.2, 0.25) is 5.02 Å². The summed E-state index contributed by atoms with van der Waals surface area (Å²) in [6, 6.07) is 8.03. The van der Waals surface area contributed by atoms with E-state index in [2.05, 4.69) is 17.0 Å². The molecule has 3 rings (SSSR count). The highest BCUT2D eigenvalue weighted by Crippen LogP contribution is 2.40. The van der Waals surface area contributed by atoms with E-state index in [1.807, 2.05) is 17.0 Å². The summed E-state index contributed by atoms with van der Waals surface area (Å²) >= 11 is 5.91. The van der Waals surface area contributed by atoms with Crippen LogP contribution in [0.3, 0.4) is 0 Å². The third-order valence-corrected chi connectivity index (χ3v) is 4.50. The molecular formula is C14H17ClN2O. The maximum atomic E-state index is 10.8. The van der Waals surface area contributed by atoms with Crippen LogP contribution in [0.15, 0.2) is 24.3 Å². The summed E-state index contributed by atoms with van der Waals surface area (Å²) < 4.78 is 0. The summed E-state index contributed by atoms with van der Waals surface area (Å²) in [5.41, 5.74) is 1.56. The Hall–Kier alpha value is -1.22. The van der Waals surface area contributed by atoms with Gasteiger partial charge in [-0.25, -0.2) is 0 Å². The van der Waals surface area contributed by atoms with Gasteiger partial charge in [-0.2, -0.15) is 0 Å². The average molecular weight is 265 g/mol. The van der Waals surface area contributed by atoms with Gasteiger partial charge < -0.3 is 9.80 Å². The molecule has 0 radical (unpaired) electrons. The van der Waals surface area contributed by atoms with Crippen LogP contribution in [-0.4, -0.2) is 37.5 Å². The zero-order valence-electron chi connectivity index (χ0n) is 10.3. The summed E-state index contributed by atoms with van der Waals surface area (Å²) in [6.07, 6.45) is 3.30. The molecule has 0 saturated carbocycles. The molecule has 0 N–H and O–H groups in total. The quantitative estimate of drug-likeness (QED) is 0.766. The van der Waals surface area contributed by atoms with Gasteiger partial charge in [-0.05, 0) is 37.1 Å². The van der Waals surface area contributed by atoms with Gasteiger partial charge in [-0.15, -0.1) is 0 Å². The van der Waals surface area contributed by atoms with Crippen molar-refractivity contribution in [1.82, 2.24) is 4.90 Å². The van der Waals surface area contributed by atoms with Crippen LogP contribution in [0, 0.1) is 5.41 Å². The molecule has 1 spiro atoms. The molecule has 0 aromatic heterocycles. The standard InChI is InChI=1S/C14H17ClN2O/c15-12-1-3-13(4-2-12)17-8-6-14(10-17)5-7-16(9-14)11-18/h1-4,11H,5-10H2. The largest absolute Gasteiger partial charge is 0.371 e. The molecule has 1 amide bonds. The van der Waals surface area contributed by atoms with E-state index in [0.29, 0.717) is 5.41 Å². The van der Waals surface area contributed by atoms with Gasteiger partial charge in [0.2, 0.25) is 6.41 Å². The number of carbonyl (C=O) groups excluding carboxylic acids is 1. The first-order valence-corrected chi connectivity index (χ1v) is 6.78. The summed E-state index contributed by atoms with van der Waals surface area (Å²) in [4.78, 5) is 15.1. The number of rotatable bonds is 2. The second-order valence-corrected chi connectivity index (χ2v) is 5.91. The van der Waals surface area contributed by atoms with Crippen LogP contribution in [0.25, 0.3) is 0 Å². The first-order valence-electron chi connectivity index (χ1n) is 6.41. The van der Waals surface area contributed by atoms with Crippen molar-refractivity contribution in [3.05, 3.63) is 29.3 Å². The molecule has 96 valence electrons. The minimum atomic E-state index is 0.320. The van der Waals surface area contributed by atoms with Gasteiger partial charge in [-0.1, -0.05) is 11.6 Å². The van der Waals surface area contributed by atoms with Crippen molar-refractivity contribution in [2.45, 2.75) is 12.8 Å². The minimum Gasteiger partial charge on any atom is -0.371 e. The average Bonchev–Trinajstić information content (AvgIpc) is 2.98. The number of carbonyl (C=O) groups is 1. The molecule has 1 atom stereocenters. The summed E-state index contributed by atoms with van der Waals surface area (Å²) in [7, 11) is 0. The van der Waals surface area contributed by atoms with E-state index in [0.717, 1.165) is 44.0 Å². The Bertz CT molecular complexity index is 448. The molecular weight excluding hydrogens is 248 g/mol. The number of nitrogens with zero attached hydrogens (tertiary/aromatic N) is 2. The van der Waals surface area contributed by atoms with Crippen molar-refractivity contribution in [3.8, 4) is 0 Å². The fourth-order valence-electron chi connectivity index (χ4n) is 3.20. The lowest BCUT2D eigenvalue weighted by atomic mass is 9.86. The highest BCUT2D eigenvalue weighted by Gasteiger charge is 2.43. The molecule has 1 aromatic rings. The predicted octanol–water partition coefficient (Wildman–Crippen LogP) is 2.40. The fourth-order valence-corrected chi connectivity index (χ4v) is 3.33. The van der Waals surface area contributed by atoms with E-state index in [9.17, 15) is 4.79 Å². The second-order valence-electron chi connectivity index (χ2n) is 5.47. The number of hydrogen-bond acceptors (Lipinski definition) is 2. The van der Waals surface area contributed by atoms with Crippen molar-refractivity contribution >= 4 is 23.7 Å². The number of benzene rings is 1. The van der Waals surface area contributed by atoms with Crippen LogP contribution in [0.5, 0.6) is 0 Å². The molecule has 2 saturated heterocycles. The SMILES string of the molecule is O=CN1CCC2(CCN(c3ccc(Cl)cc3)C2)C1. The number of amides is 1. The molecule has 1 unspecified atom stereocenters. The van der Waals surface area contributed by atoms with E-state index >= 15 is 0 Å². The maximum absolute atomic E-state index is 10.8. The zero-order chi connectivity index (χ0) is 12.6. The lowest BCUT2D eigenvalue weighted by Crippen LogP contribution is -2.30.